The van der Waals surface area contributed by atoms with E-state index in [-0.39, 0.29) is 5.41 Å². The minimum Gasteiger partial charge on any atom is -0.299 e. The van der Waals surface area contributed by atoms with E-state index >= 15 is 0 Å². The second-order valence-electron chi connectivity index (χ2n) is 5.50. The Labute approximate surface area is 112 Å². The Kier molecular flexibility index (Phi) is 4.53. The first-order chi connectivity index (χ1) is 7.73. The number of Topliss-reactive ketones (excluding diaryl/α,β-unsaturated/α-hetero) is 1. The van der Waals surface area contributed by atoms with Crippen molar-refractivity contribution in [2.24, 2.45) is 12.5 Å². The Morgan fingerprint density at radius 2 is 2.00 bits per heavy atom. The van der Waals surface area contributed by atoms with Crippen LogP contribution in [0.2, 0.25) is 0 Å². The maximum atomic E-state index is 11.8. The molecule has 3 nitrogen and oxygen atoms in total. The number of aromatic nitrogens is 2. The molecule has 17 heavy (non-hydrogen) atoms. The van der Waals surface area contributed by atoms with E-state index in [1.807, 2.05) is 39.4 Å². The van der Waals surface area contributed by atoms with E-state index in [0.29, 0.717) is 12.2 Å². The molecule has 0 saturated heterocycles. The van der Waals surface area contributed by atoms with Crippen LogP contribution in [0.1, 0.15) is 45.0 Å². The fourth-order valence-electron chi connectivity index (χ4n) is 1.74. The first kappa shape index (κ1) is 14.4. The second kappa shape index (κ2) is 5.34. The zero-order chi connectivity index (χ0) is 13.2. The van der Waals surface area contributed by atoms with Gasteiger partial charge in [0.15, 0.2) is 0 Å². The van der Waals surface area contributed by atoms with Gasteiger partial charge in [0.05, 0.1) is 15.9 Å². The fourth-order valence-corrected chi connectivity index (χ4v) is 2.28. The van der Waals surface area contributed by atoms with Crippen LogP contribution in [0.3, 0.4) is 0 Å². The van der Waals surface area contributed by atoms with E-state index in [1.54, 1.807) is 0 Å². The third-order valence-corrected chi connectivity index (χ3v) is 3.95. The van der Waals surface area contributed by atoms with E-state index in [9.17, 15) is 4.79 Å². The molecule has 1 rings (SSSR count). The molecular weight excluding hydrogens is 280 g/mol. The predicted octanol–water partition coefficient (Wildman–Crippen LogP) is 3.43. The van der Waals surface area contributed by atoms with Crippen molar-refractivity contribution in [1.82, 2.24) is 9.78 Å². The van der Waals surface area contributed by atoms with Crippen molar-refractivity contribution in [3.05, 3.63) is 15.9 Å². The summed E-state index contributed by atoms with van der Waals surface area (Å²) in [4.78, 5) is 11.8. The lowest BCUT2D eigenvalue weighted by Gasteiger charge is -2.16. The first-order valence-electron chi connectivity index (χ1n) is 5.94. The number of aryl methyl sites for hydroxylation is 2. The van der Waals surface area contributed by atoms with E-state index in [4.69, 9.17) is 0 Å². The lowest BCUT2D eigenvalue weighted by Crippen LogP contribution is -2.19. The van der Waals surface area contributed by atoms with E-state index in [1.165, 1.54) is 5.69 Å². The number of hydrogen-bond acceptors (Lipinski definition) is 2. The van der Waals surface area contributed by atoms with Crippen LogP contribution in [-0.2, 0) is 18.3 Å². The number of ketones is 1. The van der Waals surface area contributed by atoms with Crippen LogP contribution in [0.4, 0.5) is 0 Å². The van der Waals surface area contributed by atoms with E-state index in [0.717, 1.165) is 23.0 Å². The number of nitrogens with zero attached hydrogens (tertiary/aromatic N) is 2. The summed E-state index contributed by atoms with van der Waals surface area (Å²) in [6.45, 7) is 7.90. The summed E-state index contributed by atoms with van der Waals surface area (Å²) in [7, 11) is 1.94. The standard InChI is InChI=1S/C13H21BrN2O/c1-9-12(14)10(16(5)15-9)7-6-8-11(17)13(2,3)4/h6-8H2,1-5H3. The van der Waals surface area contributed by atoms with Gasteiger partial charge in [0.2, 0.25) is 0 Å². The highest BCUT2D eigenvalue weighted by atomic mass is 79.9. The van der Waals surface area contributed by atoms with Crippen LogP contribution in [0.25, 0.3) is 0 Å². The number of carbonyl (C=O) groups excluding carboxylic acids is 1. The maximum absolute atomic E-state index is 11.8. The third-order valence-electron chi connectivity index (χ3n) is 2.92. The average molecular weight is 301 g/mol. The number of hydrogen-bond donors (Lipinski definition) is 0. The van der Waals surface area contributed by atoms with E-state index in [2.05, 4.69) is 21.0 Å². The van der Waals surface area contributed by atoms with Crippen LogP contribution in [0.5, 0.6) is 0 Å². The molecule has 0 aliphatic carbocycles. The van der Waals surface area contributed by atoms with E-state index < -0.39 is 0 Å². The molecule has 0 unspecified atom stereocenters. The first-order valence-corrected chi connectivity index (χ1v) is 6.74. The summed E-state index contributed by atoms with van der Waals surface area (Å²) in [6, 6.07) is 0. The largest absolute Gasteiger partial charge is 0.299 e. The number of carbonyl (C=O) groups is 1. The summed E-state index contributed by atoms with van der Waals surface area (Å²) in [5, 5.41) is 4.34. The van der Waals surface area contributed by atoms with Gasteiger partial charge in [-0.3, -0.25) is 9.48 Å². The fraction of sp³-hybridized carbons (Fsp3) is 0.692. The number of halogens is 1. The van der Waals surface area contributed by atoms with Crippen molar-refractivity contribution >= 4 is 21.7 Å². The minimum atomic E-state index is -0.223. The summed E-state index contributed by atoms with van der Waals surface area (Å²) in [5.74, 6) is 0.326. The molecule has 0 aliphatic heterocycles. The van der Waals surface area contributed by atoms with Gasteiger partial charge in [-0.1, -0.05) is 20.8 Å². The smallest absolute Gasteiger partial charge is 0.138 e. The predicted molar refractivity (Wildman–Crippen MR) is 73.0 cm³/mol. The summed E-state index contributed by atoms with van der Waals surface area (Å²) >= 11 is 3.54. The topological polar surface area (TPSA) is 34.9 Å². The Hall–Kier alpha value is -0.640. The highest BCUT2D eigenvalue weighted by Crippen LogP contribution is 2.23. The third kappa shape index (κ3) is 3.66. The highest BCUT2D eigenvalue weighted by Gasteiger charge is 2.20. The zero-order valence-electron chi connectivity index (χ0n) is 11.3. The number of rotatable bonds is 4. The normalized spacial score (nSPS) is 11.9. The molecule has 0 spiro atoms. The van der Waals surface area contributed by atoms with Crippen molar-refractivity contribution in [1.29, 1.82) is 0 Å². The van der Waals surface area contributed by atoms with Crippen molar-refractivity contribution < 1.29 is 4.79 Å². The van der Waals surface area contributed by atoms with Gasteiger partial charge in [-0.25, -0.2) is 0 Å². The average Bonchev–Trinajstić information content (AvgIpc) is 2.42. The van der Waals surface area contributed by atoms with Crippen molar-refractivity contribution in [2.75, 3.05) is 0 Å². The Bertz CT molecular complexity index is 416. The lowest BCUT2D eigenvalue weighted by molar-refractivity contribution is -0.126. The Morgan fingerprint density at radius 1 is 1.41 bits per heavy atom. The Morgan fingerprint density at radius 3 is 2.41 bits per heavy atom. The van der Waals surface area contributed by atoms with Gasteiger partial charge in [0, 0.05) is 18.9 Å². The molecule has 0 atom stereocenters. The molecule has 0 fully saturated rings. The van der Waals surface area contributed by atoms with Crippen LogP contribution in [0.15, 0.2) is 4.47 Å². The summed E-state index contributed by atoms with van der Waals surface area (Å²) in [6.07, 6.45) is 2.41. The molecule has 0 N–H and O–H groups in total. The van der Waals surface area contributed by atoms with Gasteiger partial charge in [0.1, 0.15) is 5.78 Å². The van der Waals surface area contributed by atoms with Crippen LogP contribution in [0, 0.1) is 12.3 Å². The molecule has 0 aliphatic rings. The summed E-state index contributed by atoms with van der Waals surface area (Å²) in [5.41, 5.74) is 1.95. The zero-order valence-corrected chi connectivity index (χ0v) is 12.9. The SMILES string of the molecule is Cc1nn(C)c(CCCC(=O)C(C)(C)C)c1Br. The maximum Gasteiger partial charge on any atom is 0.138 e. The molecule has 1 heterocycles. The monoisotopic (exact) mass is 300 g/mol. The van der Waals surface area contributed by atoms with Gasteiger partial charge >= 0.3 is 0 Å². The Balaban J connectivity index is 2.55. The van der Waals surface area contributed by atoms with Crippen LogP contribution in [-0.4, -0.2) is 15.6 Å². The molecule has 1 aromatic heterocycles. The van der Waals surface area contributed by atoms with Crippen molar-refractivity contribution in [3.63, 3.8) is 0 Å². The van der Waals surface area contributed by atoms with Crippen molar-refractivity contribution in [3.8, 4) is 0 Å². The van der Waals surface area contributed by atoms with Gasteiger partial charge in [-0.2, -0.15) is 5.10 Å². The minimum absolute atomic E-state index is 0.223. The molecule has 0 amide bonds. The molecule has 1 aromatic rings. The quantitative estimate of drug-likeness (QED) is 0.854. The van der Waals surface area contributed by atoms with Crippen LogP contribution >= 0.6 is 15.9 Å². The molecule has 4 heteroatoms. The van der Waals surface area contributed by atoms with Gasteiger partial charge in [-0.05, 0) is 35.7 Å². The summed E-state index contributed by atoms with van der Waals surface area (Å²) < 4.78 is 2.96. The molecule has 0 radical (unpaired) electrons. The second-order valence-corrected chi connectivity index (χ2v) is 6.29. The molecule has 0 saturated carbocycles. The van der Waals surface area contributed by atoms with Gasteiger partial charge in [-0.15, -0.1) is 0 Å². The molecular formula is C13H21BrN2O. The molecule has 0 aromatic carbocycles. The van der Waals surface area contributed by atoms with Crippen molar-refractivity contribution in [2.45, 2.75) is 47.0 Å². The van der Waals surface area contributed by atoms with Gasteiger partial charge < -0.3 is 0 Å². The van der Waals surface area contributed by atoms with Gasteiger partial charge in [0.25, 0.3) is 0 Å². The van der Waals surface area contributed by atoms with Crippen LogP contribution < -0.4 is 0 Å². The molecule has 0 bridgehead atoms. The lowest BCUT2D eigenvalue weighted by atomic mass is 9.88. The molecule has 96 valence electrons. The highest BCUT2D eigenvalue weighted by molar-refractivity contribution is 9.10.